The van der Waals surface area contributed by atoms with E-state index in [1.54, 1.807) is 18.2 Å². The first kappa shape index (κ1) is 19.4. The Morgan fingerprint density at radius 2 is 1.85 bits per heavy atom. The van der Waals surface area contributed by atoms with Crippen LogP contribution < -0.4 is 5.32 Å². The lowest BCUT2D eigenvalue weighted by Crippen LogP contribution is -2.37. The quantitative estimate of drug-likeness (QED) is 0.790. The van der Waals surface area contributed by atoms with Crippen LogP contribution in [0.25, 0.3) is 0 Å². The van der Waals surface area contributed by atoms with Gasteiger partial charge in [-0.3, -0.25) is 9.69 Å². The summed E-state index contributed by atoms with van der Waals surface area (Å²) >= 11 is 6.17. The minimum Gasteiger partial charge on any atom is -0.465 e. The number of likely N-dealkylation sites (tertiary alicyclic amines) is 1. The number of hydrogen-bond donors (Lipinski definition) is 1. The molecule has 27 heavy (non-hydrogen) atoms. The molecule has 0 aromatic heterocycles. The first-order valence-electron chi connectivity index (χ1n) is 9.02. The lowest BCUT2D eigenvalue weighted by Gasteiger charge is -2.31. The Labute approximate surface area is 164 Å². The van der Waals surface area contributed by atoms with Gasteiger partial charge in [0, 0.05) is 12.5 Å². The lowest BCUT2D eigenvalue weighted by atomic mass is 9.95. The van der Waals surface area contributed by atoms with Crippen molar-refractivity contribution in [3.8, 4) is 0 Å². The van der Waals surface area contributed by atoms with E-state index in [-0.39, 0.29) is 11.8 Å². The van der Waals surface area contributed by atoms with Crippen molar-refractivity contribution in [2.24, 2.45) is 5.92 Å². The summed E-state index contributed by atoms with van der Waals surface area (Å²) in [4.78, 5) is 26.7. The summed E-state index contributed by atoms with van der Waals surface area (Å²) in [5.41, 5.74) is 2.08. The molecule has 6 heteroatoms. The van der Waals surface area contributed by atoms with Crippen molar-refractivity contribution in [2.75, 3.05) is 25.5 Å². The molecule has 2 aromatic carbocycles. The minimum absolute atomic E-state index is 0.0572. The topological polar surface area (TPSA) is 58.6 Å². The van der Waals surface area contributed by atoms with Crippen molar-refractivity contribution in [1.29, 1.82) is 0 Å². The van der Waals surface area contributed by atoms with Crippen LogP contribution in [0.5, 0.6) is 0 Å². The zero-order valence-corrected chi connectivity index (χ0v) is 16.0. The fraction of sp³-hybridized carbons (Fsp3) is 0.333. The number of nitrogens with one attached hydrogen (secondary N) is 1. The largest absolute Gasteiger partial charge is 0.465 e. The van der Waals surface area contributed by atoms with Crippen molar-refractivity contribution in [1.82, 2.24) is 4.90 Å². The number of piperidine rings is 1. The molecule has 142 valence electrons. The maximum Gasteiger partial charge on any atom is 0.337 e. The van der Waals surface area contributed by atoms with Gasteiger partial charge in [0.25, 0.3) is 0 Å². The Kier molecular flexibility index (Phi) is 6.48. The van der Waals surface area contributed by atoms with Crippen LogP contribution in [0.4, 0.5) is 5.69 Å². The summed E-state index contributed by atoms with van der Waals surface area (Å²) in [6.45, 7) is 2.66. The molecular weight excluding hydrogens is 364 g/mol. The van der Waals surface area contributed by atoms with Crippen molar-refractivity contribution >= 4 is 29.2 Å². The molecule has 1 saturated heterocycles. The number of esters is 1. The fourth-order valence-corrected chi connectivity index (χ4v) is 3.46. The van der Waals surface area contributed by atoms with Gasteiger partial charge in [-0.1, -0.05) is 41.9 Å². The molecule has 0 bridgehead atoms. The number of carbonyl (C=O) groups is 2. The van der Waals surface area contributed by atoms with Crippen LogP contribution in [0.2, 0.25) is 5.02 Å². The van der Waals surface area contributed by atoms with Crippen LogP contribution in [0.1, 0.15) is 28.8 Å². The van der Waals surface area contributed by atoms with E-state index < -0.39 is 5.97 Å². The highest BCUT2D eigenvalue weighted by atomic mass is 35.5. The van der Waals surface area contributed by atoms with Crippen LogP contribution in [-0.2, 0) is 16.1 Å². The average molecular weight is 387 g/mol. The van der Waals surface area contributed by atoms with Gasteiger partial charge in [-0.05, 0) is 49.7 Å². The zero-order chi connectivity index (χ0) is 19.2. The van der Waals surface area contributed by atoms with Gasteiger partial charge in [0.15, 0.2) is 0 Å². The zero-order valence-electron chi connectivity index (χ0n) is 15.3. The Morgan fingerprint density at radius 3 is 2.52 bits per heavy atom. The number of benzene rings is 2. The van der Waals surface area contributed by atoms with Crippen LogP contribution in [0, 0.1) is 5.92 Å². The molecule has 5 nitrogen and oxygen atoms in total. The highest BCUT2D eigenvalue weighted by Crippen LogP contribution is 2.26. The number of ether oxygens (including phenoxy) is 1. The third-order valence-electron chi connectivity index (χ3n) is 4.85. The molecule has 1 heterocycles. The van der Waals surface area contributed by atoms with Gasteiger partial charge in [0.1, 0.15) is 0 Å². The molecule has 1 amide bonds. The van der Waals surface area contributed by atoms with Crippen LogP contribution in [0.15, 0.2) is 48.5 Å². The van der Waals surface area contributed by atoms with E-state index >= 15 is 0 Å². The normalized spacial score (nSPS) is 15.3. The van der Waals surface area contributed by atoms with E-state index in [0.717, 1.165) is 32.5 Å². The molecule has 1 N–H and O–H groups in total. The predicted molar refractivity (Wildman–Crippen MR) is 106 cm³/mol. The summed E-state index contributed by atoms with van der Waals surface area (Å²) in [5.74, 6) is -0.579. The monoisotopic (exact) mass is 386 g/mol. The summed E-state index contributed by atoms with van der Waals surface area (Å²) in [6, 6.07) is 15.1. The number of nitrogens with zero attached hydrogens (tertiary/aromatic N) is 1. The highest BCUT2D eigenvalue weighted by molar-refractivity contribution is 6.33. The van der Waals surface area contributed by atoms with Gasteiger partial charge in [-0.15, -0.1) is 0 Å². The molecule has 0 radical (unpaired) electrons. The summed E-state index contributed by atoms with van der Waals surface area (Å²) < 4.78 is 4.71. The molecule has 0 atom stereocenters. The molecule has 0 saturated carbocycles. The third kappa shape index (κ3) is 5.08. The van der Waals surface area contributed by atoms with E-state index in [9.17, 15) is 9.59 Å². The number of hydrogen-bond acceptors (Lipinski definition) is 4. The molecule has 1 aliphatic heterocycles. The van der Waals surface area contributed by atoms with Gasteiger partial charge in [0.05, 0.1) is 23.4 Å². The van der Waals surface area contributed by atoms with E-state index in [1.165, 1.54) is 12.7 Å². The number of halogens is 1. The Bertz CT molecular complexity index is 802. The summed E-state index contributed by atoms with van der Waals surface area (Å²) in [6.07, 6.45) is 1.60. The van der Waals surface area contributed by atoms with Gasteiger partial charge in [-0.25, -0.2) is 4.79 Å². The van der Waals surface area contributed by atoms with Crippen molar-refractivity contribution in [3.63, 3.8) is 0 Å². The molecule has 0 aliphatic carbocycles. The van der Waals surface area contributed by atoms with Crippen molar-refractivity contribution < 1.29 is 14.3 Å². The van der Waals surface area contributed by atoms with E-state index in [2.05, 4.69) is 22.3 Å². The number of anilines is 1. The van der Waals surface area contributed by atoms with E-state index in [0.29, 0.717) is 16.3 Å². The SMILES string of the molecule is COC(=O)c1ccc(Cl)c(NC(=O)C2CCN(Cc3ccccc3)CC2)c1. The highest BCUT2D eigenvalue weighted by Gasteiger charge is 2.25. The molecular formula is C21H23ClN2O3. The number of rotatable bonds is 5. The molecule has 3 rings (SSSR count). The first-order valence-corrected chi connectivity index (χ1v) is 9.39. The average Bonchev–Trinajstić information content (AvgIpc) is 2.70. The van der Waals surface area contributed by atoms with Crippen LogP contribution >= 0.6 is 11.6 Å². The third-order valence-corrected chi connectivity index (χ3v) is 5.18. The minimum atomic E-state index is -0.462. The Hall–Kier alpha value is -2.37. The molecule has 0 unspecified atom stereocenters. The van der Waals surface area contributed by atoms with Crippen LogP contribution in [-0.4, -0.2) is 37.0 Å². The first-order chi connectivity index (χ1) is 13.1. The van der Waals surface area contributed by atoms with Crippen LogP contribution in [0.3, 0.4) is 0 Å². The predicted octanol–water partition coefficient (Wildman–Crippen LogP) is 3.98. The molecule has 1 aliphatic rings. The fourth-order valence-electron chi connectivity index (χ4n) is 3.30. The second kappa shape index (κ2) is 9.02. The Balaban J connectivity index is 1.56. The van der Waals surface area contributed by atoms with E-state index in [4.69, 9.17) is 16.3 Å². The smallest absolute Gasteiger partial charge is 0.337 e. The number of methoxy groups -OCH3 is 1. The number of amides is 1. The maximum atomic E-state index is 12.6. The molecule has 2 aromatic rings. The Morgan fingerprint density at radius 1 is 1.15 bits per heavy atom. The molecule has 1 fully saturated rings. The van der Waals surface area contributed by atoms with Gasteiger partial charge >= 0.3 is 5.97 Å². The molecule has 0 spiro atoms. The second-order valence-corrected chi connectivity index (χ2v) is 7.12. The van der Waals surface area contributed by atoms with Gasteiger partial charge in [0.2, 0.25) is 5.91 Å². The number of carbonyl (C=O) groups excluding carboxylic acids is 2. The van der Waals surface area contributed by atoms with E-state index in [1.807, 2.05) is 18.2 Å². The van der Waals surface area contributed by atoms with Gasteiger partial charge in [-0.2, -0.15) is 0 Å². The van der Waals surface area contributed by atoms with Crippen molar-refractivity contribution in [2.45, 2.75) is 19.4 Å². The van der Waals surface area contributed by atoms with Crippen molar-refractivity contribution in [3.05, 3.63) is 64.7 Å². The standard InChI is InChI=1S/C21H23ClN2O3/c1-27-21(26)17-7-8-18(22)19(13-17)23-20(25)16-9-11-24(12-10-16)14-15-5-3-2-4-6-15/h2-8,13,16H,9-12,14H2,1H3,(H,23,25). The maximum absolute atomic E-state index is 12.6. The van der Waals surface area contributed by atoms with Gasteiger partial charge < -0.3 is 10.1 Å². The lowest BCUT2D eigenvalue weighted by molar-refractivity contribution is -0.121. The summed E-state index contributed by atoms with van der Waals surface area (Å²) in [7, 11) is 1.32. The summed E-state index contributed by atoms with van der Waals surface area (Å²) in [5, 5.41) is 3.27. The second-order valence-electron chi connectivity index (χ2n) is 6.71.